The monoisotopic (exact) mass is 1410 g/mol. The van der Waals surface area contributed by atoms with E-state index < -0.39 is 0 Å². The maximum absolute atomic E-state index is 6.18. The number of aryl methyl sites for hydroxylation is 3. The lowest BCUT2D eigenvalue weighted by molar-refractivity contribution is 0.162. The van der Waals surface area contributed by atoms with E-state index in [9.17, 15) is 0 Å². The zero-order chi connectivity index (χ0) is 66.9. The summed E-state index contributed by atoms with van der Waals surface area (Å²) in [5.41, 5.74) is 11.8. The fraction of sp³-hybridized carbons (Fsp3) is 0.582. The van der Waals surface area contributed by atoms with Gasteiger partial charge in [0.15, 0.2) is 39.7 Å². The molecule has 0 radical (unpaired) electrons. The van der Waals surface area contributed by atoms with Crippen LogP contribution in [0.4, 0.5) is 0 Å². The number of halogens is 2. The van der Waals surface area contributed by atoms with E-state index in [0.29, 0.717) is 13.6 Å². The zero-order valence-electron chi connectivity index (χ0n) is 59.9. The van der Waals surface area contributed by atoms with Crippen LogP contribution in [0.2, 0.25) is 0 Å². The van der Waals surface area contributed by atoms with Gasteiger partial charge in [-0.05, 0) is 281 Å². The summed E-state index contributed by atoms with van der Waals surface area (Å²) in [6.45, 7) is 14.1. The van der Waals surface area contributed by atoms with Crippen LogP contribution in [-0.4, -0.2) is 155 Å². The van der Waals surface area contributed by atoms with Gasteiger partial charge in [0.2, 0.25) is 13.6 Å². The Morgan fingerprint density at radius 1 is 0.410 bits per heavy atom. The summed E-state index contributed by atoms with van der Waals surface area (Å²) in [5.74, 6) is 10.9. The first-order chi connectivity index (χ1) is 48.0. The third kappa shape index (κ3) is 19.0. The molecular weight excluding hydrogens is 1310 g/mol. The summed E-state index contributed by atoms with van der Waals surface area (Å²) in [7, 11) is 12.5. The number of aromatic nitrogens is 3. The van der Waals surface area contributed by atoms with Crippen molar-refractivity contribution in [1.82, 2.24) is 45.3 Å². The highest BCUT2D eigenvalue weighted by Crippen LogP contribution is 2.42. The van der Waals surface area contributed by atoms with Crippen LogP contribution in [-0.2, 0) is 52.0 Å². The number of hydrogen-bond donors (Lipinski definition) is 1. The normalized spacial score (nSPS) is 18.1. The third-order valence-electron chi connectivity index (χ3n) is 21.2. The molecule has 0 unspecified atom stereocenters. The Labute approximate surface area is 603 Å². The first-order valence-electron chi connectivity index (χ1n) is 36.9. The highest BCUT2D eigenvalue weighted by molar-refractivity contribution is 5.87. The lowest BCUT2D eigenvalue weighted by Crippen LogP contribution is -2.33. The van der Waals surface area contributed by atoms with E-state index in [4.69, 9.17) is 46.7 Å². The molecule has 3 aromatic heterocycles. The molecule has 3 saturated carbocycles. The molecule has 5 aliphatic heterocycles. The van der Waals surface area contributed by atoms with E-state index in [-0.39, 0.29) is 24.8 Å². The van der Waals surface area contributed by atoms with E-state index in [1.807, 2.05) is 12.1 Å². The van der Waals surface area contributed by atoms with Gasteiger partial charge in [-0.3, -0.25) is 9.80 Å². The summed E-state index contributed by atoms with van der Waals surface area (Å²) in [5, 5.41) is 20.3. The number of hydrogen-bond acceptors (Lipinski definition) is 19. The summed E-state index contributed by atoms with van der Waals surface area (Å²) in [6, 6.07) is 25.2. The summed E-state index contributed by atoms with van der Waals surface area (Å²) >= 11 is 0. The van der Waals surface area contributed by atoms with Gasteiger partial charge in [0.05, 0.1) is 53.6 Å². The lowest BCUT2D eigenvalue weighted by atomic mass is 9.91. The highest BCUT2D eigenvalue weighted by Gasteiger charge is 2.30. The molecule has 8 aromatic rings. The van der Waals surface area contributed by atoms with Crippen LogP contribution in [0.25, 0.3) is 32.9 Å². The predicted molar refractivity (Wildman–Crippen MR) is 395 cm³/mol. The van der Waals surface area contributed by atoms with Gasteiger partial charge in [-0.2, -0.15) is 0 Å². The second kappa shape index (κ2) is 34.6. The Bertz CT molecular complexity index is 3730. The molecule has 100 heavy (non-hydrogen) atoms. The molecule has 0 spiro atoms. The van der Waals surface area contributed by atoms with E-state index in [0.717, 1.165) is 266 Å². The van der Waals surface area contributed by atoms with Crippen LogP contribution in [0.5, 0.6) is 40.2 Å². The van der Waals surface area contributed by atoms with E-state index in [1.165, 1.54) is 94.6 Å². The van der Waals surface area contributed by atoms with Crippen LogP contribution in [0.3, 0.4) is 0 Å². The number of nitrogens with zero attached hydrogens (tertiary/aromatic N) is 8. The molecule has 8 heterocycles. The molecule has 21 heteroatoms. The summed E-state index contributed by atoms with van der Waals surface area (Å²) in [4.78, 5) is 11.6. The van der Waals surface area contributed by atoms with Crippen LogP contribution >= 0.6 is 24.8 Å². The first-order valence-corrected chi connectivity index (χ1v) is 36.9. The predicted octanol–water partition coefficient (Wildman–Crippen LogP) is 15.0. The molecule has 19 nitrogen and oxygen atoms in total. The van der Waals surface area contributed by atoms with Crippen molar-refractivity contribution in [3.63, 3.8) is 0 Å². The van der Waals surface area contributed by atoms with Crippen molar-refractivity contribution in [2.45, 2.75) is 148 Å². The number of likely N-dealkylation sites (tertiary alicyclic amines) is 2. The number of fused-ring (bicyclic) bond motifs is 5. The summed E-state index contributed by atoms with van der Waals surface area (Å²) in [6.07, 6.45) is 21.6. The minimum atomic E-state index is 0. The number of benzene rings is 5. The average molecular weight is 1410 g/mol. The molecule has 0 amide bonds. The van der Waals surface area contributed by atoms with Crippen LogP contribution in [0, 0.1) is 35.5 Å². The largest absolute Gasteiger partial charge is 0.493 e. The number of para-hydroxylation sites is 2. The smallest absolute Gasteiger partial charge is 0.231 e. The van der Waals surface area contributed by atoms with Gasteiger partial charge < -0.3 is 66.7 Å². The average Bonchev–Trinajstić information content (AvgIpc) is 1.60. The van der Waals surface area contributed by atoms with Gasteiger partial charge in [-0.25, -0.2) is 0 Å². The number of rotatable bonds is 28. The molecule has 6 fully saturated rings. The van der Waals surface area contributed by atoms with Gasteiger partial charge in [0, 0.05) is 60.0 Å². The third-order valence-corrected chi connectivity index (χ3v) is 21.2. The molecule has 5 aromatic carbocycles. The molecule has 16 rings (SSSR count). The first kappa shape index (κ1) is 73.2. The Morgan fingerprint density at radius 2 is 0.750 bits per heavy atom. The van der Waals surface area contributed by atoms with Gasteiger partial charge in [0.1, 0.15) is 17.2 Å². The van der Waals surface area contributed by atoms with Crippen LogP contribution in [0.15, 0.2) is 86.4 Å². The van der Waals surface area contributed by atoms with E-state index in [1.54, 1.807) is 0 Å². The molecule has 3 saturated heterocycles. The van der Waals surface area contributed by atoms with Crippen LogP contribution in [0.1, 0.15) is 141 Å². The maximum Gasteiger partial charge on any atom is 0.231 e. The quantitative estimate of drug-likeness (QED) is 0.0490. The molecule has 0 atom stereocenters. The SMILES string of the molecule is CN(C)Cc1c(OCC2CC2)ccc2c(CCC3CCN(Cc4cccc5c4OCO5)CC3)noc12.CN(C)Cc1c(OCC2CC2)ccc2c(CCC3CCN(Cc4cccc5c4OCO5)CC3)noc12.CN(C)Cc1c(OCC2CC2)ccc2c(CCC3CCNCC3)noc12.Cl.Cl. The Morgan fingerprint density at radius 3 is 1.08 bits per heavy atom. The van der Waals surface area contributed by atoms with Crippen molar-refractivity contribution in [2.75, 3.05) is 115 Å². The molecule has 0 bridgehead atoms. The standard InChI is InChI=1S/2C29H37N3O4.C21H31N3O2.2ClH/c2*1-31(2)17-24-26(33-18-21-6-7-21)11-9-23-25(30-36-29(23)24)10-8-20-12-14-32(15-13-20)16-22-4-3-5-27-28(22)35-19-34-27;1-24(2)13-18-20(25-14-16-3-4-16)8-6-17-19(23-26-21(17)18)7-5-15-9-11-22-12-10-15;;/h2*3-5,9,11,20-21H,6-8,10,12-19H2,1-2H3;6,8,15-16,22H,3-5,7,9-14H2,1-2H3;2*1H. The fourth-order valence-corrected chi connectivity index (χ4v) is 14.9. The van der Waals surface area contributed by atoms with Crippen molar-refractivity contribution in [1.29, 1.82) is 0 Å². The number of nitrogens with one attached hydrogen (secondary N) is 1. The van der Waals surface area contributed by atoms with Crippen LogP contribution < -0.4 is 38.5 Å². The fourth-order valence-electron chi connectivity index (χ4n) is 14.9. The van der Waals surface area contributed by atoms with E-state index in [2.05, 4.69) is 148 Å². The van der Waals surface area contributed by atoms with Crippen molar-refractivity contribution in [2.24, 2.45) is 35.5 Å². The minimum Gasteiger partial charge on any atom is -0.493 e. The van der Waals surface area contributed by atoms with Gasteiger partial charge in [-0.1, -0.05) is 39.7 Å². The zero-order valence-corrected chi connectivity index (χ0v) is 61.5. The number of ether oxygens (including phenoxy) is 7. The molecular formula is C79H107Cl2N9O10. The molecule has 1 N–H and O–H groups in total. The molecule has 8 aliphatic rings. The Balaban J connectivity index is 0.000000143. The van der Waals surface area contributed by atoms with Crippen molar-refractivity contribution >= 4 is 57.7 Å². The van der Waals surface area contributed by atoms with Gasteiger partial charge in [-0.15, -0.1) is 24.8 Å². The minimum absolute atomic E-state index is 0. The second-order valence-electron chi connectivity index (χ2n) is 30.2. The number of piperidine rings is 3. The molecule has 542 valence electrons. The van der Waals surface area contributed by atoms with Crippen molar-refractivity contribution in [3.05, 3.63) is 118 Å². The second-order valence-corrected chi connectivity index (χ2v) is 30.2. The highest BCUT2D eigenvalue weighted by atomic mass is 35.5. The maximum atomic E-state index is 6.18. The Kier molecular flexibility index (Phi) is 25.3. The lowest BCUT2D eigenvalue weighted by Gasteiger charge is -2.32. The van der Waals surface area contributed by atoms with Gasteiger partial charge >= 0.3 is 0 Å². The topological polar surface area (TPSA) is 171 Å². The summed E-state index contributed by atoms with van der Waals surface area (Å²) < 4.78 is 58.6. The van der Waals surface area contributed by atoms with Gasteiger partial charge in [0.25, 0.3) is 0 Å². The van der Waals surface area contributed by atoms with E-state index >= 15 is 0 Å². The van der Waals surface area contributed by atoms with Crippen molar-refractivity contribution in [3.8, 4) is 40.2 Å². The Hall–Kier alpha value is -6.55. The van der Waals surface area contributed by atoms with Crippen molar-refractivity contribution < 1.29 is 46.7 Å². The molecule has 3 aliphatic carbocycles.